The third-order valence-electron chi connectivity index (χ3n) is 4.42. The van der Waals surface area contributed by atoms with Gasteiger partial charge in [-0.1, -0.05) is 24.3 Å². The van der Waals surface area contributed by atoms with Crippen LogP contribution in [0, 0.1) is 5.95 Å². The molecular formula is C22H16FN3O. The topological polar surface area (TPSA) is 46.1 Å². The quantitative estimate of drug-likeness (QED) is 0.520. The fourth-order valence-corrected chi connectivity index (χ4v) is 3.16. The number of carbonyl (C=O) groups excluding carboxylic acids is 1. The third kappa shape index (κ3) is 3.27. The van der Waals surface area contributed by atoms with Gasteiger partial charge in [0.2, 0.25) is 5.95 Å². The molecule has 132 valence electrons. The second kappa shape index (κ2) is 7.33. The number of aldehydes is 1. The van der Waals surface area contributed by atoms with Crippen LogP contribution in [0.3, 0.4) is 0 Å². The minimum atomic E-state index is -0.668. The predicted molar refractivity (Wildman–Crippen MR) is 103 cm³/mol. The fourth-order valence-electron chi connectivity index (χ4n) is 3.16. The summed E-state index contributed by atoms with van der Waals surface area (Å²) >= 11 is 0. The maximum atomic E-state index is 14.4. The Bertz CT molecular complexity index is 1020. The molecule has 3 aromatic rings. The highest BCUT2D eigenvalue weighted by atomic mass is 19.1. The molecule has 0 amide bonds. The molecule has 0 fully saturated rings. The summed E-state index contributed by atoms with van der Waals surface area (Å²) in [7, 11) is 0. The minimum Gasteiger partial charge on any atom is -0.333 e. The molecule has 3 heterocycles. The standard InChI is InChI=1S/C22H16FN3O/c23-22-18(9-6-12-25-22)19-13-16(20-10-4-5-11-24-20)14-26(21(19)15-27)17-7-2-1-3-8-17/h1-15,21H. The van der Waals surface area contributed by atoms with E-state index in [1.807, 2.05) is 59.6 Å². The van der Waals surface area contributed by atoms with Gasteiger partial charge < -0.3 is 9.69 Å². The lowest BCUT2D eigenvalue weighted by molar-refractivity contribution is -0.107. The monoisotopic (exact) mass is 357 g/mol. The zero-order valence-corrected chi connectivity index (χ0v) is 14.4. The van der Waals surface area contributed by atoms with Gasteiger partial charge in [-0.3, -0.25) is 4.98 Å². The number of anilines is 1. The number of hydrogen-bond acceptors (Lipinski definition) is 4. The van der Waals surface area contributed by atoms with Crippen molar-refractivity contribution in [2.75, 3.05) is 4.90 Å². The van der Waals surface area contributed by atoms with E-state index in [9.17, 15) is 9.18 Å². The second-order valence-electron chi connectivity index (χ2n) is 6.06. The maximum Gasteiger partial charge on any atom is 0.220 e. The predicted octanol–water partition coefficient (Wildman–Crippen LogP) is 4.13. The van der Waals surface area contributed by atoms with Gasteiger partial charge in [-0.05, 0) is 48.0 Å². The van der Waals surface area contributed by atoms with Crippen molar-refractivity contribution < 1.29 is 9.18 Å². The Morgan fingerprint density at radius 3 is 2.41 bits per heavy atom. The molecule has 0 N–H and O–H groups in total. The first kappa shape index (κ1) is 16.8. The molecule has 0 spiro atoms. The summed E-state index contributed by atoms with van der Waals surface area (Å²) < 4.78 is 14.4. The van der Waals surface area contributed by atoms with Crippen LogP contribution in [-0.2, 0) is 4.79 Å². The van der Waals surface area contributed by atoms with Crippen LogP contribution in [-0.4, -0.2) is 22.3 Å². The highest BCUT2D eigenvalue weighted by molar-refractivity contribution is 5.98. The van der Waals surface area contributed by atoms with Crippen LogP contribution in [0.4, 0.5) is 10.1 Å². The van der Waals surface area contributed by atoms with Crippen LogP contribution in [0.5, 0.6) is 0 Å². The summed E-state index contributed by atoms with van der Waals surface area (Å²) in [6, 6.07) is 17.7. The molecule has 1 aromatic carbocycles. The summed E-state index contributed by atoms with van der Waals surface area (Å²) in [6.07, 6.45) is 7.59. The molecule has 0 radical (unpaired) electrons. The molecule has 0 saturated carbocycles. The molecule has 0 saturated heterocycles. The van der Waals surface area contributed by atoms with Gasteiger partial charge >= 0.3 is 0 Å². The van der Waals surface area contributed by atoms with Crippen molar-refractivity contribution in [2.45, 2.75) is 6.04 Å². The van der Waals surface area contributed by atoms with E-state index in [2.05, 4.69) is 9.97 Å². The van der Waals surface area contributed by atoms with Crippen molar-refractivity contribution in [2.24, 2.45) is 0 Å². The van der Waals surface area contributed by atoms with Crippen molar-refractivity contribution in [3.05, 3.63) is 103 Å². The second-order valence-corrected chi connectivity index (χ2v) is 6.06. The lowest BCUT2D eigenvalue weighted by Gasteiger charge is -2.33. The van der Waals surface area contributed by atoms with E-state index in [-0.39, 0.29) is 0 Å². The minimum absolute atomic E-state index is 0.303. The van der Waals surface area contributed by atoms with Crippen molar-refractivity contribution in [3.63, 3.8) is 0 Å². The van der Waals surface area contributed by atoms with Gasteiger partial charge in [0.1, 0.15) is 12.3 Å². The molecule has 5 heteroatoms. The van der Waals surface area contributed by atoms with Crippen LogP contribution in [0.2, 0.25) is 0 Å². The average Bonchev–Trinajstić information content (AvgIpc) is 2.74. The summed E-state index contributed by atoms with van der Waals surface area (Å²) in [5.74, 6) is -0.606. The van der Waals surface area contributed by atoms with Gasteiger partial charge in [-0.15, -0.1) is 0 Å². The Kier molecular flexibility index (Phi) is 4.58. The molecule has 0 aliphatic carbocycles. The Hall–Kier alpha value is -3.60. The van der Waals surface area contributed by atoms with Crippen LogP contribution < -0.4 is 4.90 Å². The van der Waals surface area contributed by atoms with Gasteiger partial charge in [0.15, 0.2) is 0 Å². The number of hydrogen-bond donors (Lipinski definition) is 0. The first-order valence-electron chi connectivity index (χ1n) is 8.52. The van der Waals surface area contributed by atoms with Gasteiger partial charge in [-0.2, -0.15) is 4.39 Å². The Labute approximate surface area is 156 Å². The van der Waals surface area contributed by atoms with Gasteiger partial charge in [0.05, 0.1) is 5.69 Å². The van der Waals surface area contributed by atoms with Crippen molar-refractivity contribution in [1.29, 1.82) is 0 Å². The summed E-state index contributed by atoms with van der Waals surface area (Å²) in [4.78, 5) is 22.0. The molecule has 27 heavy (non-hydrogen) atoms. The number of rotatable bonds is 4. The number of aromatic nitrogens is 2. The number of benzene rings is 1. The molecule has 1 aliphatic rings. The zero-order chi connectivity index (χ0) is 18.6. The van der Waals surface area contributed by atoms with E-state index in [0.29, 0.717) is 11.1 Å². The molecule has 4 nitrogen and oxygen atoms in total. The highest BCUT2D eigenvalue weighted by Gasteiger charge is 2.29. The Balaban J connectivity index is 1.91. The van der Waals surface area contributed by atoms with Crippen LogP contribution in [0.1, 0.15) is 11.3 Å². The normalized spacial score (nSPS) is 16.5. The number of halogens is 1. The Morgan fingerprint density at radius 2 is 1.70 bits per heavy atom. The number of nitrogens with zero attached hydrogens (tertiary/aromatic N) is 3. The summed E-state index contributed by atoms with van der Waals surface area (Å²) in [6.45, 7) is 0. The molecule has 2 aromatic heterocycles. The maximum absolute atomic E-state index is 14.4. The molecule has 1 aliphatic heterocycles. The largest absolute Gasteiger partial charge is 0.333 e. The van der Waals surface area contributed by atoms with Gasteiger partial charge in [0, 0.05) is 35.4 Å². The Morgan fingerprint density at radius 1 is 0.926 bits per heavy atom. The molecule has 0 bridgehead atoms. The van der Waals surface area contributed by atoms with E-state index < -0.39 is 12.0 Å². The number of carbonyl (C=O) groups is 1. The third-order valence-corrected chi connectivity index (χ3v) is 4.42. The fraction of sp³-hybridized carbons (Fsp3) is 0.0455. The van der Waals surface area contributed by atoms with E-state index in [0.717, 1.165) is 23.2 Å². The zero-order valence-electron chi connectivity index (χ0n) is 14.4. The molecule has 4 rings (SSSR count). The van der Waals surface area contributed by atoms with E-state index in [1.165, 1.54) is 6.20 Å². The van der Waals surface area contributed by atoms with Crippen molar-refractivity contribution in [1.82, 2.24) is 9.97 Å². The van der Waals surface area contributed by atoms with E-state index in [4.69, 9.17) is 0 Å². The molecular weight excluding hydrogens is 341 g/mol. The highest BCUT2D eigenvalue weighted by Crippen LogP contribution is 2.35. The van der Waals surface area contributed by atoms with Gasteiger partial charge in [-0.25, -0.2) is 4.98 Å². The van der Waals surface area contributed by atoms with E-state index in [1.54, 1.807) is 24.4 Å². The number of allylic oxidation sites excluding steroid dienone is 2. The van der Waals surface area contributed by atoms with Crippen LogP contribution >= 0.6 is 0 Å². The van der Waals surface area contributed by atoms with Gasteiger partial charge in [0.25, 0.3) is 0 Å². The number of para-hydroxylation sites is 1. The van der Waals surface area contributed by atoms with Crippen LogP contribution in [0.15, 0.2) is 85.3 Å². The van der Waals surface area contributed by atoms with Crippen molar-refractivity contribution >= 4 is 23.1 Å². The molecule has 1 unspecified atom stereocenters. The number of pyridine rings is 2. The summed E-state index contributed by atoms with van der Waals surface area (Å²) in [5, 5.41) is 0. The smallest absolute Gasteiger partial charge is 0.220 e. The first-order valence-corrected chi connectivity index (χ1v) is 8.52. The lowest BCUT2D eigenvalue weighted by atomic mass is 9.92. The lowest BCUT2D eigenvalue weighted by Crippen LogP contribution is -2.36. The summed E-state index contributed by atoms with van der Waals surface area (Å²) in [5.41, 5.74) is 3.21. The molecule has 1 atom stereocenters. The first-order chi connectivity index (χ1) is 13.3. The average molecular weight is 357 g/mol. The van der Waals surface area contributed by atoms with E-state index >= 15 is 0 Å². The van der Waals surface area contributed by atoms with Crippen LogP contribution in [0.25, 0.3) is 11.1 Å². The SMILES string of the molecule is O=CC1C(c2cccnc2F)=CC(c2ccccn2)=CN1c1ccccc1. The van der Waals surface area contributed by atoms with Crippen molar-refractivity contribution in [3.8, 4) is 0 Å².